The first kappa shape index (κ1) is 23.2. The molecule has 1 aliphatic rings. The first-order valence-electron chi connectivity index (χ1n) is 11.8. The van der Waals surface area contributed by atoms with Gasteiger partial charge in [-0.15, -0.1) is 0 Å². The molecule has 2 N–H and O–H groups in total. The number of para-hydroxylation sites is 1. The normalized spacial score (nSPS) is 15.1. The zero-order chi connectivity index (χ0) is 25.1. The molecule has 3 aromatic carbocycles. The van der Waals surface area contributed by atoms with Gasteiger partial charge in [-0.1, -0.05) is 60.7 Å². The van der Waals surface area contributed by atoms with E-state index in [0.717, 1.165) is 27.1 Å². The lowest BCUT2D eigenvalue weighted by molar-refractivity contribution is 0.340. The van der Waals surface area contributed by atoms with E-state index < -0.39 is 17.1 Å². The summed E-state index contributed by atoms with van der Waals surface area (Å²) in [5, 5.41) is 17.7. The molecule has 4 aromatic rings. The predicted octanol–water partition coefficient (Wildman–Crippen LogP) is 4.04. The van der Waals surface area contributed by atoms with Crippen LogP contribution in [0.15, 0.2) is 99.6 Å². The molecule has 0 amide bonds. The average molecular weight is 483 g/mol. The van der Waals surface area contributed by atoms with Crippen molar-refractivity contribution in [1.29, 1.82) is 0 Å². The van der Waals surface area contributed by atoms with Gasteiger partial charge in [-0.25, -0.2) is 4.79 Å². The fourth-order valence-corrected chi connectivity index (χ4v) is 4.43. The fraction of sp³-hybridized carbons (Fsp3) is 0.179. The summed E-state index contributed by atoms with van der Waals surface area (Å²) in [4.78, 5) is 27.8. The van der Waals surface area contributed by atoms with Crippen molar-refractivity contribution in [2.45, 2.75) is 25.9 Å². The predicted molar refractivity (Wildman–Crippen MR) is 139 cm³/mol. The molecule has 0 aliphatic carbocycles. The molecule has 2 heterocycles. The number of hydrogen-bond donors (Lipinski definition) is 2. The Balaban J connectivity index is 1.57. The van der Waals surface area contributed by atoms with Crippen molar-refractivity contribution < 1.29 is 9.84 Å². The second-order valence-corrected chi connectivity index (χ2v) is 8.48. The smallest absolute Gasteiger partial charge is 0.331 e. The Hall–Kier alpha value is -4.59. The average Bonchev–Trinajstić information content (AvgIpc) is 3.33. The zero-order valence-corrected chi connectivity index (χ0v) is 19.8. The number of aromatic nitrogens is 2. The molecule has 0 saturated heterocycles. The molecule has 0 radical (unpaired) electrons. The Morgan fingerprint density at radius 1 is 0.972 bits per heavy atom. The monoisotopic (exact) mass is 482 g/mol. The van der Waals surface area contributed by atoms with E-state index in [9.17, 15) is 14.7 Å². The summed E-state index contributed by atoms with van der Waals surface area (Å²) in [5.41, 5.74) is 1.71. The number of benzene rings is 3. The van der Waals surface area contributed by atoms with E-state index in [1.807, 2.05) is 96.9 Å². The molecule has 1 aromatic heterocycles. The molecule has 0 bridgehead atoms. The van der Waals surface area contributed by atoms with Crippen molar-refractivity contribution >= 4 is 11.4 Å². The molecule has 0 fully saturated rings. The van der Waals surface area contributed by atoms with Gasteiger partial charge in [-0.2, -0.15) is 5.10 Å². The topological polar surface area (TPSA) is 99.9 Å². The number of nitrogens with zero attached hydrogens (tertiary/aromatic N) is 3. The summed E-state index contributed by atoms with van der Waals surface area (Å²) in [7, 11) is 0. The van der Waals surface area contributed by atoms with E-state index >= 15 is 0 Å². The summed E-state index contributed by atoms with van der Waals surface area (Å²) in [6.45, 7) is 2.63. The quantitative estimate of drug-likeness (QED) is 0.414. The number of aromatic amines is 1. The Labute approximate surface area is 207 Å². The minimum absolute atomic E-state index is 0.0000938. The number of aromatic hydroxyl groups is 1. The molecule has 0 spiro atoms. The number of anilines is 1. The summed E-state index contributed by atoms with van der Waals surface area (Å²) in [6, 6.07) is 26.5. The number of ether oxygens (including phenoxy) is 1. The number of H-pyrrole nitrogens is 1. The standard InChI is InChI=1S/C28H26N4O4/c1-2-36-22-15-13-20(14-16-22)24-17-23(30-32(24)21-11-7-4-8-12-21)25-26(33)29-28(35)31(27(25)34)18-19-9-5-3-6-10-19/h3-16,24,34H,2,17-18H2,1H3,(H,29,33,35)/t24-/m0/s1. The van der Waals surface area contributed by atoms with Gasteiger partial charge in [0.05, 0.1) is 30.6 Å². The maximum absolute atomic E-state index is 12.9. The molecule has 1 aliphatic heterocycles. The van der Waals surface area contributed by atoms with Crippen LogP contribution in [0.25, 0.3) is 0 Å². The summed E-state index contributed by atoms with van der Waals surface area (Å²) < 4.78 is 6.74. The highest BCUT2D eigenvalue weighted by atomic mass is 16.5. The molecule has 1 atom stereocenters. The van der Waals surface area contributed by atoms with Crippen LogP contribution < -0.4 is 21.0 Å². The Bertz CT molecular complexity index is 1490. The second-order valence-electron chi connectivity index (χ2n) is 8.48. The Morgan fingerprint density at radius 3 is 2.31 bits per heavy atom. The van der Waals surface area contributed by atoms with Crippen LogP contribution in [0.5, 0.6) is 11.6 Å². The molecule has 8 nitrogen and oxygen atoms in total. The van der Waals surface area contributed by atoms with E-state index in [1.54, 1.807) is 0 Å². The summed E-state index contributed by atoms with van der Waals surface area (Å²) in [6.07, 6.45) is 0.364. The van der Waals surface area contributed by atoms with Crippen LogP contribution in [0.3, 0.4) is 0 Å². The number of nitrogens with one attached hydrogen (secondary N) is 1. The number of hydrazone groups is 1. The highest BCUT2D eigenvalue weighted by Crippen LogP contribution is 2.37. The largest absolute Gasteiger partial charge is 0.494 e. The highest BCUT2D eigenvalue weighted by Gasteiger charge is 2.33. The van der Waals surface area contributed by atoms with Crippen LogP contribution in [0.1, 0.15) is 36.1 Å². The van der Waals surface area contributed by atoms with Gasteiger partial charge in [0.1, 0.15) is 11.3 Å². The second kappa shape index (κ2) is 9.95. The third-order valence-corrected chi connectivity index (χ3v) is 6.15. The van der Waals surface area contributed by atoms with Crippen molar-refractivity contribution in [3.8, 4) is 11.6 Å². The van der Waals surface area contributed by atoms with Gasteiger partial charge in [-0.05, 0) is 42.3 Å². The van der Waals surface area contributed by atoms with E-state index in [1.165, 1.54) is 0 Å². The lowest BCUT2D eigenvalue weighted by Crippen LogP contribution is -2.34. The molecule has 182 valence electrons. The van der Waals surface area contributed by atoms with Gasteiger partial charge in [0, 0.05) is 6.42 Å². The third kappa shape index (κ3) is 4.53. The maximum atomic E-state index is 12.9. The van der Waals surface area contributed by atoms with Crippen molar-refractivity contribution in [2.24, 2.45) is 5.10 Å². The molecule has 0 saturated carbocycles. The zero-order valence-electron chi connectivity index (χ0n) is 19.8. The summed E-state index contributed by atoms with van der Waals surface area (Å²) >= 11 is 0. The molecular weight excluding hydrogens is 456 g/mol. The first-order valence-corrected chi connectivity index (χ1v) is 11.8. The van der Waals surface area contributed by atoms with E-state index in [4.69, 9.17) is 9.84 Å². The lowest BCUT2D eigenvalue weighted by Gasteiger charge is -2.24. The van der Waals surface area contributed by atoms with Gasteiger partial charge in [0.25, 0.3) is 5.56 Å². The lowest BCUT2D eigenvalue weighted by atomic mass is 9.98. The van der Waals surface area contributed by atoms with Crippen LogP contribution in [-0.4, -0.2) is 27.0 Å². The first-order chi connectivity index (χ1) is 17.5. The van der Waals surface area contributed by atoms with Crippen molar-refractivity contribution in [3.63, 3.8) is 0 Å². The molecule has 5 rings (SSSR count). The fourth-order valence-electron chi connectivity index (χ4n) is 4.43. The van der Waals surface area contributed by atoms with Crippen LogP contribution >= 0.6 is 0 Å². The van der Waals surface area contributed by atoms with Gasteiger partial charge in [-0.3, -0.25) is 19.4 Å². The minimum atomic E-state index is -0.674. The molecule has 36 heavy (non-hydrogen) atoms. The van der Waals surface area contributed by atoms with Gasteiger partial charge < -0.3 is 9.84 Å². The van der Waals surface area contributed by atoms with Crippen LogP contribution in [0, 0.1) is 0 Å². The van der Waals surface area contributed by atoms with Crippen LogP contribution in [-0.2, 0) is 6.54 Å². The van der Waals surface area contributed by atoms with Gasteiger partial charge >= 0.3 is 5.69 Å². The van der Waals surface area contributed by atoms with Crippen molar-refractivity contribution in [2.75, 3.05) is 11.6 Å². The number of rotatable bonds is 7. The molecular formula is C28H26N4O4. The molecule has 8 heteroatoms. The Kier molecular flexibility index (Phi) is 6.40. The van der Waals surface area contributed by atoms with Crippen molar-refractivity contribution in [1.82, 2.24) is 9.55 Å². The van der Waals surface area contributed by atoms with E-state index in [-0.39, 0.29) is 18.2 Å². The Morgan fingerprint density at radius 2 is 1.64 bits per heavy atom. The van der Waals surface area contributed by atoms with E-state index in [0.29, 0.717) is 18.7 Å². The van der Waals surface area contributed by atoms with Crippen LogP contribution in [0.4, 0.5) is 5.69 Å². The van der Waals surface area contributed by atoms with Gasteiger partial charge in [0.15, 0.2) is 0 Å². The molecule has 0 unspecified atom stereocenters. The highest BCUT2D eigenvalue weighted by molar-refractivity contribution is 6.04. The van der Waals surface area contributed by atoms with E-state index in [2.05, 4.69) is 4.98 Å². The SMILES string of the molecule is CCOc1ccc([C@@H]2CC(c3c(O)n(Cc4ccccc4)c(=O)[nH]c3=O)=NN2c2ccccc2)cc1. The minimum Gasteiger partial charge on any atom is -0.494 e. The number of hydrogen-bond acceptors (Lipinski definition) is 6. The third-order valence-electron chi connectivity index (χ3n) is 6.15. The van der Waals surface area contributed by atoms with Crippen LogP contribution in [0.2, 0.25) is 0 Å². The summed E-state index contributed by atoms with van der Waals surface area (Å²) in [5.74, 6) is 0.375. The van der Waals surface area contributed by atoms with Crippen molar-refractivity contribution in [3.05, 3.63) is 122 Å². The van der Waals surface area contributed by atoms with Gasteiger partial charge in [0.2, 0.25) is 5.88 Å². The maximum Gasteiger partial charge on any atom is 0.331 e.